The van der Waals surface area contributed by atoms with Gasteiger partial charge in [0.2, 0.25) is 0 Å². The van der Waals surface area contributed by atoms with Gasteiger partial charge in [0.15, 0.2) is 0 Å². The molecule has 1 aromatic rings. The molecule has 0 spiro atoms. The summed E-state index contributed by atoms with van der Waals surface area (Å²) in [6.07, 6.45) is 6.00. The third-order valence-corrected chi connectivity index (χ3v) is 2.81. The Balaban J connectivity index is 2.49. The first-order chi connectivity index (χ1) is 4.84. The summed E-state index contributed by atoms with van der Waals surface area (Å²) in [6.45, 7) is 4.41. The van der Waals surface area contributed by atoms with Gasteiger partial charge in [-0.25, -0.2) is 0 Å². The summed E-state index contributed by atoms with van der Waals surface area (Å²) in [4.78, 5) is 0. The molecular weight excluding hydrogens is 141 g/mol. The number of rotatable bonds is 3. The Labute approximate surface area is 64.0 Å². The summed E-state index contributed by atoms with van der Waals surface area (Å²) in [7, 11) is 1.31. The highest BCUT2D eigenvalue weighted by Crippen LogP contribution is 2.18. The van der Waals surface area contributed by atoms with E-state index < -0.39 is 0 Å². The van der Waals surface area contributed by atoms with E-state index in [2.05, 4.69) is 24.8 Å². The zero-order valence-electron chi connectivity index (χ0n) is 6.65. The first kappa shape index (κ1) is 7.81. The number of H-pyrrole nitrogens is 1. The second kappa shape index (κ2) is 3.78. The van der Waals surface area contributed by atoms with E-state index in [9.17, 15) is 0 Å². The molecule has 0 radical (unpaired) electrons. The van der Waals surface area contributed by atoms with Crippen LogP contribution in [0.1, 0.15) is 30.6 Å². The van der Waals surface area contributed by atoms with Crippen molar-refractivity contribution in [2.24, 2.45) is 0 Å². The van der Waals surface area contributed by atoms with Crippen LogP contribution in [0, 0.1) is 6.92 Å². The highest BCUT2D eigenvalue weighted by atomic mass is 31.0. The molecule has 0 bridgehead atoms. The Morgan fingerprint density at radius 3 is 2.90 bits per heavy atom. The molecule has 0 aliphatic carbocycles. The van der Waals surface area contributed by atoms with Gasteiger partial charge >= 0.3 is 0 Å². The maximum absolute atomic E-state index is 3.20. The van der Waals surface area contributed by atoms with Crippen LogP contribution >= 0.6 is 8.35 Å². The lowest BCUT2D eigenvalue weighted by molar-refractivity contribution is 0.801. The molecule has 0 aromatic carbocycles. The Morgan fingerprint density at radius 1 is 1.60 bits per heavy atom. The fourth-order valence-corrected chi connectivity index (χ4v) is 1.90. The maximum atomic E-state index is 3.20. The molecule has 56 valence electrons. The summed E-state index contributed by atoms with van der Waals surface area (Å²) in [5, 5.41) is 1.57. The number of hydrogen-bond acceptors (Lipinski definition) is 0. The van der Waals surface area contributed by atoms with Crippen LogP contribution in [-0.4, -0.2) is 4.75 Å². The van der Waals surface area contributed by atoms with Gasteiger partial charge in [0.25, 0.3) is 0 Å². The van der Waals surface area contributed by atoms with Crippen molar-refractivity contribution in [3.63, 3.8) is 0 Å². The van der Waals surface area contributed by atoms with Gasteiger partial charge in [0.1, 0.15) is 0 Å². The van der Waals surface area contributed by atoms with Crippen molar-refractivity contribution in [3.8, 4) is 0 Å². The normalized spacial score (nSPS) is 11.0. The zero-order valence-corrected chi connectivity index (χ0v) is 7.54. The van der Waals surface area contributed by atoms with Crippen LogP contribution in [0.2, 0.25) is 0 Å². The number of nitrogens with one attached hydrogen (secondary N) is 1. The highest BCUT2D eigenvalue weighted by Gasteiger charge is 1.96. The molecule has 10 heavy (non-hydrogen) atoms. The monoisotopic (exact) mass is 155 g/mol. The van der Waals surface area contributed by atoms with Gasteiger partial charge in [0.05, 0.1) is 0 Å². The maximum Gasteiger partial charge on any atom is 0.0141 e. The molecule has 0 unspecified atom stereocenters. The average molecular weight is 155 g/mol. The van der Waals surface area contributed by atoms with Crippen LogP contribution in [0.4, 0.5) is 0 Å². The van der Waals surface area contributed by atoms with Gasteiger partial charge in [-0.1, -0.05) is 13.3 Å². The summed E-state index contributed by atoms with van der Waals surface area (Å²) in [5.74, 6) is 0. The summed E-state index contributed by atoms with van der Waals surface area (Å²) in [5.41, 5.74) is 1.44. The molecule has 0 aliphatic heterocycles. The largest absolute Gasteiger partial charge is 0.344 e. The Bertz CT molecular complexity index is 193. The van der Waals surface area contributed by atoms with Gasteiger partial charge in [-0.15, -0.1) is 0 Å². The molecule has 1 heterocycles. The number of unbranched alkanes of at least 4 members (excludes halogenated alkanes) is 1. The van der Waals surface area contributed by atoms with Crippen molar-refractivity contribution in [1.29, 1.82) is 0 Å². The number of hydrogen-bond donors (Lipinski definition) is 1. The number of aromatic amines is 1. The molecular formula is C8H14NP. The molecule has 1 nitrogen and oxygen atoms in total. The van der Waals surface area contributed by atoms with E-state index in [0.29, 0.717) is 0 Å². The molecule has 0 amide bonds. The average Bonchev–Trinajstić information content (AvgIpc) is 2.31. The van der Waals surface area contributed by atoms with Crippen LogP contribution < -0.4 is 0 Å². The smallest absolute Gasteiger partial charge is 0.0141 e. The van der Waals surface area contributed by atoms with Crippen molar-refractivity contribution in [2.45, 2.75) is 33.1 Å². The van der Waals surface area contributed by atoms with Crippen molar-refractivity contribution in [3.05, 3.63) is 17.1 Å². The van der Waals surface area contributed by atoms with Crippen LogP contribution in [-0.2, 0) is 6.42 Å². The zero-order chi connectivity index (χ0) is 7.40. The quantitative estimate of drug-likeness (QED) is 0.689. The summed E-state index contributed by atoms with van der Waals surface area (Å²) >= 11 is 0. The van der Waals surface area contributed by atoms with E-state index in [1.165, 1.54) is 33.2 Å². The van der Waals surface area contributed by atoms with Crippen molar-refractivity contribution in [2.75, 3.05) is 0 Å². The van der Waals surface area contributed by atoms with Gasteiger partial charge < -0.3 is 4.75 Å². The Kier molecular flexibility index (Phi) is 2.95. The van der Waals surface area contributed by atoms with Crippen LogP contribution in [0.3, 0.4) is 0 Å². The summed E-state index contributed by atoms with van der Waals surface area (Å²) in [6, 6.07) is 0. The van der Waals surface area contributed by atoms with Gasteiger partial charge in [-0.2, -0.15) is 0 Å². The minimum Gasteiger partial charge on any atom is -0.344 e. The lowest BCUT2D eigenvalue weighted by Crippen LogP contribution is -1.80. The first-order valence-electron chi connectivity index (χ1n) is 3.84. The molecule has 1 N–H and O–H groups in total. The van der Waals surface area contributed by atoms with E-state index in [1.807, 2.05) is 0 Å². The third kappa shape index (κ3) is 1.85. The van der Waals surface area contributed by atoms with Crippen molar-refractivity contribution < 1.29 is 0 Å². The molecule has 0 saturated heterocycles. The van der Waals surface area contributed by atoms with Crippen LogP contribution in [0.25, 0.3) is 0 Å². The van der Waals surface area contributed by atoms with Crippen molar-refractivity contribution >= 4 is 8.35 Å². The van der Waals surface area contributed by atoms with E-state index >= 15 is 0 Å². The molecule has 0 saturated carbocycles. The van der Waals surface area contributed by atoms with Gasteiger partial charge in [0, 0.05) is 19.8 Å². The Hall–Kier alpha value is -0.290. The second-order valence-electron chi connectivity index (χ2n) is 2.62. The van der Waals surface area contributed by atoms with Crippen molar-refractivity contribution in [1.82, 2.24) is 4.75 Å². The minimum absolute atomic E-state index is 1.27. The standard InChI is InChI=1S/C8H14NP/c1-3-4-5-8-7(2)6-9-10-8/h6,9H,3-5H2,1-2H3. The lowest BCUT2D eigenvalue weighted by atomic mass is 10.2. The molecule has 0 fully saturated rings. The fourth-order valence-electron chi connectivity index (χ4n) is 0.976. The molecule has 2 heteroatoms. The minimum atomic E-state index is 1.27. The van der Waals surface area contributed by atoms with E-state index in [4.69, 9.17) is 0 Å². The molecule has 1 aromatic heterocycles. The van der Waals surface area contributed by atoms with Crippen LogP contribution in [0.5, 0.6) is 0 Å². The van der Waals surface area contributed by atoms with Gasteiger partial charge in [-0.05, 0) is 25.3 Å². The summed E-state index contributed by atoms with van der Waals surface area (Å²) < 4.78 is 3.20. The molecule has 0 aliphatic rings. The van der Waals surface area contributed by atoms with Crippen LogP contribution in [0.15, 0.2) is 6.20 Å². The highest BCUT2D eigenvalue weighted by molar-refractivity contribution is 7.26. The number of aromatic nitrogens is 1. The Morgan fingerprint density at radius 2 is 2.40 bits per heavy atom. The predicted octanol–water partition coefficient (Wildman–Crippen LogP) is 3.25. The fraction of sp³-hybridized carbons (Fsp3) is 0.625. The van der Waals surface area contributed by atoms with E-state index in [0.717, 1.165) is 0 Å². The lowest BCUT2D eigenvalue weighted by Gasteiger charge is -1.94. The van der Waals surface area contributed by atoms with E-state index in [1.54, 1.807) is 5.30 Å². The second-order valence-corrected chi connectivity index (χ2v) is 3.64. The topological polar surface area (TPSA) is 15.8 Å². The molecule has 1 rings (SSSR count). The predicted molar refractivity (Wildman–Crippen MR) is 46.7 cm³/mol. The third-order valence-electron chi connectivity index (χ3n) is 1.70. The molecule has 0 atom stereocenters. The first-order valence-corrected chi connectivity index (χ1v) is 4.73. The van der Waals surface area contributed by atoms with E-state index in [-0.39, 0.29) is 0 Å². The number of aryl methyl sites for hydroxylation is 2. The SMILES string of the molecule is CCCCc1p[nH]cc1C. The van der Waals surface area contributed by atoms with Gasteiger partial charge in [-0.3, -0.25) is 0 Å².